The molecule has 1 saturated carbocycles. The van der Waals surface area contributed by atoms with E-state index in [1.165, 1.54) is 0 Å². The van der Waals surface area contributed by atoms with Crippen molar-refractivity contribution in [2.75, 3.05) is 6.54 Å². The lowest BCUT2D eigenvalue weighted by molar-refractivity contribution is -0.136. The lowest BCUT2D eigenvalue weighted by Gasteiger charge is -2.42. The smallest absolute Gasteiger partial charge is 0.325 e. The van der Waals surface area contributed by atoms with Gasteiger partial charge >= 0.3 is 6.03 Å². The molecule has 172 valence electrons. The van der Waals surface area contributed by atoms with Crippen LogP contribution in [0.15, 0.2) is 18.2 Å². The number of amides is 4. The highest BCUT2D eigenvalue weighted by Gasteiger charge is 2.53. The summed E-state index contributed by atoms with van der Waals surface area (Å²) in [5, 5.41) is 14.4. The number of nitrogens with zero attached hydrogens (tertiary/aromatic N) is 2. The minimum absolute atomic E-state index is 0.148. The van der Waals surface area contributed by atoms with E-state index in [0.717, 1.165) is 36.3 Å². The van der Waals surface area contributed by atoms with Gasteiger partial charge in [0.05, 0.1) is 6.07 Å². The van der Waals surface area contributed by atoms with E-state index in [1.54, 1.807) is 6.07 Å². The van der Waals surface area contributed by atoms with Crippen LogP contribution in [0.5, 0.6) is 0 Å². The summed E-state index contributed by atoms with van der Waals surface area (Å²) in [7, 11) is 0. The van der Waals surface area contributed by atoms with Crippen LogP contribution in [0.1, 0.15) is 64.5 Å². The van der Waals surface area contributed by atoms with E-state index in [9.17, 15) is 28.4 Å². The van der Waals surface area contributed by atoms with Crippen molar-refractivity contribution < 1.29 is 23.2 Å². The molecule has 1 saturated heterocycles. The number of rotatable bonds is 6. The van der Waals surface area contributed by atoms with Gasteiger partial charge in [-0.2, -0.15) is 5.26 Å². The third kappa shape index (κ3) is 4.45. The Kier molecular flexibility index (Phi) is 6.54. The molecule has 1 aromatic rings. The summed E-state index contributed by atoms with van der Waals surface area (Å²) in [4.78, 5) is 38.9. The molecule has 2 aliphatic rings. The highest BCUT2D eigenvalue weighted by atomic mass is 19.1. The number of urea groups is 1. The van der Waals surface area contributed by atoms with Crippen LogP contribution in [0.4, 0.5) is 13.6 Å². The summed E-state index contributed by atoms with van der Waals surface area (Å²) >= 11 is 0. The molecule has 1 atom stereocenters. The van der Waals surface area contributed by atoms with Crippen molar-refractivity contribution in [3.63, 3.8) is 0 Å². The first-order valence-electron chi connectivity index (χ1n) is 10.8. The van der Waals surface area contributed by atoms with Gasteiger partial charge in [0.15, 0.2) is 0 Å². The van der Waals surface area contributed by atoms with Gasteiger partial charge in [0.1, 0.15) is 29.8 Å². The first-order valence-corrected chi connectivity index (χ1v) is 10.8. The van der Waals surface area contributed by atoms with E-state index < -0.39 is 47.6 Å². The monoisotopic (exact) mass is 446 g/mol. The number of nitrogens with one attached hydrogen (secondary N) is 2. The molecule has 1 spiro atoms. The van der Waals surface area contributed by atoms with Crippen LogP contribution >= 0.6 is 0 Å². The maximum absolute atomic E-state index is 14.0. The zero-order valence-electron chi connectivity index (χ0n) is 18.5. The van der Waals surface area contributed by atoms with Crippen molar-refractivity contribution in [3.05, 3.63) is 35.4 Å². The summed E-state index contributed by atoms with van der Waals surface area (Å²) in [5.41, 5.74) is -1.06. The standard InChI is InChI=1S/C23H28F2N4O3/c1-4-22(2,3)14-7-9-23(10-8-14)20(31)29(21(32)28-23)13-19(30)27-18(12-26)16-6-5-15(24)11-17(16)25/h5-6,11,14,18H,4,7-10,13H2,1-3H3,(H,27,30)(H,28,32). The second-order valence-corrected chi connectivity index (χ2v) is 9.32. The van der Waals surface area contributed by atoms with E-state index in [1.807, 2.05) is 0 Å². The molecule has 4 amide bonds. The summed E-state index contributed by atoms with van der Waals surface area (Å²) in [6, 6.07) is 2.36. The predicted octanol–water partition coefficient (Wildman–Crippen LogP) is 3.56. The Labute approximate surface area is 186 Å². The fourth-order valence-electron chi connectivity index (χ4n) is 4.60. The van der Waals surface area contributed by atoms with Gasteiger partial charge in [0.25, 0.3) is 5.91 Å². The zero-order chi connectivity index (χ0) is 23.7. The molecule has 0 bridgehead atoms. The SMILES string of the molecule is CCC(C)(C)C1CCC2(CC1)NC(=O)N(CC(=O)NC(C#N)c1ccc(F)cc1F)C2=O. The van der Waals surface area contributed by atoms with Gasteiger partial charge < -0.3 is 10.6 Å². The van der Waals surface area contributed by atoms with Crippen molar-refractivity contribution >= 4 is 17.8 Å². The Hall–Kier alpha value is -3.02. The third-order valence-corrected chi connectivity index (χ3v) is 7.11. The van der Waals surface area contributed by atoms with Crippen LogP contribution in [0.3, 0.4) is 0 Å². The third-order valence-electron chi connectivity index (χ3n) is 7.11. The fraction of sp³-hybridized carbons (Fsp3) is 0.565. The van der Waals surface area contributed by atoms with Crippen molar-refractivity contribution in [2.24, 2.45) is 11.3 Å². The summed E-state index contributed by atoms with van der Waals surface area (Å²) in [6.45, 7) is 5.96. The molecular formula is C23H28F2N4O3. The number of carbonyl (C=O) groups excluding carboxylic acids is 3. The average molecular weight is 446 g/mol. The van der Waals surface area contributed by atoms with Gasteiger partial charge in [0, 0.05) is 11.6 Å². The number of nitriles is 1. The van der Waals surface area contributed by atoms with Gasteiger partial charge in [-0.25, -0.2) is 13.6 Å². The van der Waals surface area contributed by atoms with E-state index in [2.05, 4.69) is 31.4 Å². The van der Waals surface area contributed by atoms with Crippen LogP contribution in [0, 0.1) is 34.3 Å². The largest absolute Gasteiger partial charge is 0.335 e. The van der Waals surface area contributed by atoms with Crippen molar-refractivity contribution in [1.82, 2.24) is 15.5 Å². The highest BCUT2D eigenvalue weighted by molar-refractivity contribution is 6.09. The average Bonchev–Trinajstić information content (AvgIpc) is 2.96. The Bertz CT molecular complexity index is 964. The molecule has 0 radical (unpaired) electrons. The second kappa shape index (κ2) is 8.85. The van der Waals surface area contributed by atoms with Gasteiger partial charge in [-0.1, -0.05) is 33.3 Å². The van der Waals surface area contributed by atoms with Gasteiger partial charge in [-0.3, -0.25) is 14.5 Å². The maximum atomic E-state index is 14.0. The number of hydrogen-bond donors (Lipinski definition) is 2. The van der Waals surface area contributed by atoms with Crippen LogP contribution in [-0.4, -0.2) is 34.8 Å². The number of halogens is 2. The van der Waals surface area contributed by atoms with Crippen molar-refractivity contribution in [2.45, 2.75) is 64.5 Å². The molecule has 1 unspecified atom stereocenters. The van der Waals surface area contributed by atoms with Gasteiger partial charge in [0.2, 0.25) is 5.91 Å². The normalized spacial score (nSPS) is 24.2. The first-order chi connectivity index (χ1) is 15.0. The maximum Gasteiger partial charge on any atom is 0.325 e. The van der Waals surface area contributed by atoms with E-state index >= 15 is 0 Å². The topological polar surface area (TPSA) is 102 Å². The number of benzene rings is 1. The van der Waals surface area contributed by atoms with E-state index in [-0.39, 0.29) is 11.0 Å². The van der Waals surface area contributed by atoms with Crippen molar-refractivity contribution in [3.8, 4) is 6.07 Å². The minimum atomic E-state index is -1.38. The molecule has 0 aromatic heterocycles. The number of carbonyl (C=O) groups is 3. The molecule has 1 aliphatic heterocycles. The summed E-state index contributed by atoms with van der Waals surface area (Å²) < 4.78 is 27.1. The number of imide groups is 1. The lowest BCUT2D eigenvalue weighted by Crippen LogP contribution is -2.51. The quantitative estimate of drug-likeness (QED) is 0.652. The molecule has 1 heterocycles. The van der Waals surface area contributed by atoms with Gasteiger partial charge in [-0.05, 0) is 43.1 Å². The van der Waals surface area contributed by atoms with Crippen LogP contribution in [-0.2, 0) is 9.59 Å². The molecule has 1 aromatic carbocycles. The van der Waals surface area contributed by atoms with Crippen LogP contribution < -0.4 is 10.6 Å². The first kappa shape index (κ1) is 23.6. The zero-order valence-corrected chi connectivity index (χ0v) is 18.5. The Morgan fingerprint density at radius 2 is 2.00 bits per heavy atom. The molecule has 9 heteroatoms. The van der Waals surface area contributed by atoms with E-state index in [4.69, 9.17) is 0 Å². The fourth-order valence-corrected chi connectivity index (χ4v) is 4.60. The molecule has 1 aliphatic carbocycles. The van der Waals surface area contributed by atoms with Crippen LogP contribution in [0.25, 0.3) is 0 Å². The second-order valence-electron chi connectivity index (χ2n) is 9.32. The van der Waals surface area contributed by atoms with Crippen LogP contribution in [0.2, 0.25) is 0 Å². The molecule has 3 rings (SSSR count). The lowest BCUT2D eigenvalue weighted by atomic mass is 9.65. The molecule has 32 heavy (non-hydrogen) atoms. The summed E-state index contributed by atoms with van der Waals surface area (Å²) in [6.07, 6.45) is 3.63. The van der Waals surface area contributed by atoms with Crippen molar-refractivity contribution in [1.29, 1.82) is 5.26 Å². The van der Waals surface area contributed by atoms with Gasteiger partial charge in [-0.15, -0.1) is 0 Å². The molecule has 2 fully saturated rings. The Morgan fingerprint density at radius 1 is 1.34 bits per heavy atom. The molecule has 2 N–H and O–H groups in total. The number of hydrogen-bond acceptors (Lipinski definition) is 4. The molecule has 7 nitrogen and oxygen atoms in total. The predicted molar refractivity (Wildman–Crippen MR) is 112 cm³/mol. The Morgan fingerprint density at radius 3 is 2.56 bits per heavy atom. The Balaban J connectivity index is 1.65. The molecular weight excluding hydrogens is 418 g/mol. The highest BCUT2D eigenvalue weighted by Crippen LogP contribution is 2.45. The van der Waals surface area contributed by atoms with E-state index in [0.29, 0.717) is 24.8 Å². The minimum Gasteiger partial charge on any atom is -0.335 e. The summed E-state index contributed by atoms with van der Waals surface area (Å²) in [5.74, 6) is -2.58.